The zero-order valence-electron chi connectivity index (χ0n) is 18.1. The third-order valence-corrected chi connectivity index (χ3v) is 10.5. The Morgan fingerprint density at radius 2 is 1.85 bits per heavy atom. The lowest BCUT2D eigenvalue weighted by atomic mass is 10.0. The fraction of sp³-hybridized carbons (Fsp3) is 0.750. The summed E-state index contributed by atoms with van der Waals surface area (Å²) in [6.45, 7) is 16.0. The lowest BCUT2D eigenvalue weighted by molar-refractivity contribution is 0.118. The second kappa shape index (κ2) is 8.69. The van der Waals surface area contributed by atoms with Gasteiger partial charge in [0.15, 0.2) is 19.8 Å². The molecule has 0 radical (unpaired) electrons. The molecule has 2 N–H and O–H groups in total. The van der Waals surface area contributed by atoms with Gasteiger partial charge in [0.1, 0.15) is 11.8 Å². The molecule has 0 aliphatic carbocycles. The predicted octanol–water partition coefficient (Wildman–Crippen LogP) is 5.33. The summed E-state index contributed by atoms with van der Waals surface area (Å²) in [5.41, 5.74) is 7.42. The molecule has 0 amide bonds. The summed E-state index contributed by atoms with van der Waals surface area (Å²) in [6.07, 6.45) is 9.47. The predicted molar refractivity (Wildman–Crippen MR) is 115 cm³/mol. The summed E-state index contributed by atoms with van der Waals surface area (Å²) in [7, 11) is -1.88. The van der Waals surface area contributed by atoms with E-state index in [4.69, 9.17) is 10.2 Å². The van der Waals surface area contributed by atoms with Crippen molar-refractivity contribution in [3.05, 3.63) is 12.7 Å². The van der Waals surface area contributed by atoms with E-state index in [1.165, 1.54) is 32.0 Å². The van der Waals surface area contributed by atoms with Crippen LogP contribution in [0.4, 0.5) is 5.82 Å². The first-order valence-electron chi connectivity index (χ1n) is 10.2. The second-order valence-electron chi connectivity index (χ2n) is 9.09. The number of aromatic nitrogens is 4. The number of rotatable bonds is 9. The smallest absolute Gasteiger partial charge is 0.192 e. The maximum absolute atomic E-state index is 6.86. The van der Waals surface area contributed by atoms with Gasteiger partial charge in [0.25, 0.3) is 0 Å². The molecule has 27 heavy (non-hydrogen) atoms. The summed E-state index contributed by atoms with van der Waals surface area (Å²) in [5, 5.41) is 0.179. The van der Waals surface area contributed by atoms with Crippen molar-refractivity contribution in [2.75, 3.05) is 5.73 Å². The van der Waals surface area contributed by atoms with Crippen LogP contribution in [-0.2, 0) is 4.43 Å². The average Bonchev–Trinajstić information content (AvgIpc) is 3.01. The standard InChI is InChI=1S/C20H37N5OSi/c1-8-9-10-11-12-16(26-27(6,7)20(3,4)5)15(2)25-14-24-17-18(21)22-13-23-19(17)25/h13-16H,8-12H2,1-7H3,(H2,21,22,23)/t15-,16-/m0/s1. The molecule has 6 nitrogen and oxygen atoms in total. The molecule has 2 atom stereocenters. The summed E-state index contributed by atoms with van der Waals surface area (Å²) in [5.74, 6) is 0.427. The number of hydrogen-bond donors (Lipinski definition) is 1. The van der Waals surface area contributed by atoms with E-state index in [-0.39, 0.29) is 17.2 Å². The van der Waals surface area contributed by atoms with Crippen LogP contribution in [0.5, 0.6) is 0 Å². The highest BCUT2D eigenvalue weighted by molar-refractivity contribution is 6.74. The summed E-state index contributed by atoms with van der Waals surface area (Å²) < 4.78 is 8.97. The van der Waals surface area contributed by atoms with E-state index in [2.05, 4.69) is 67.2 Å². The van der Waals surface area contributed by atoms with Gasteiger partial charge in [0.2, 0.25) is 0 Å². The molecule has 152 valence electrons. The molecule has 7 heteroatoms. The van der Waals surface area contributed by atoms with Crippen LogP contribution in [0.25, 0.3) is 11.2 Å². The van der Waals surface area contributed by atoms with Gasteiger partial charge in [-0.1, -0.05) is 53.4 Å². The number of nitrogens with zero attached hydrogens (tertiary/aromatic N) is 4. The summed E-state index contributed by atoms with van der Waals surface area (Å²) >= 11 is 0. The van der Waals surface area contributed by atoms with Gasteiger partial charge in [-0.3, -0.25) is 0 Å². The van der Waals surface area contributed by atoms with Gasteiger partial charge in [-0.2, -0.15) is 0 Å². The number of nitrogens with two attached hydrogens (primary N) is 1. The normalized spacial score (nSPS) is 15.2. The van der Waals surface area contributed by atoms with E-state index in [1.54, 1.807) is 0 Å². The molecule has 0 fully saturated rings. The molecule has 0 aromatic carbocycles. The van der Waals surface area contributed by atoms with Crippen LogP contribution in [0.15, 0.2) is 12.7 Å². The minimum atomic E-state index is -1.88. The molecule has 0 saturated heterocycles. The summed E-state index contributed by atoms with van der Waals surface area (Å²) in [6, 6.07) is 0.139. The molecule has 2 rings (SSSR count). The second-order valence-corrected chi connectivity index (χ2v) is 13.8. The quantitative estimate of drug-likeness (QED) is 0.461. The van der Waals surface area contributed by atoms with Crippen molar-refractivity contribution >= 4 is 25.3 Å². The Kier molecular flexibility index (Phi) is 7.02. The first kappa shape index (κ1) is 21.8. The Morgan fingerprint density at radius 1 is 1.15 bits per heavy atom. The van der Waals surface area contributed by atoms with Crippen molar-refractivity contribution in [1.82, 2.24) is 19.5 Å². The van der Waals surface area contributed by atoms with Gasteiger partial charge >= 0.3 is 0 Å². The molecule has 0 bridgehead atoms. The van der Waals surface area contributed by atoms with E-state index in [0.29, 0.717) is 11.3 Å². The highest BCUT2D eigenvalue weighted by Gasteiger charge is 2.40. The molecule has 0 saturated carbocycles. The third-order valence-electron chi connectivity index (χ3n) is 5.96. The van der Waals surface area contributed by atoms with Crippen LogP contribution < -0.4 is 5.73 Å². The maximum Gasteiger partial charge on any atom is 0.192 e. The molecule has 2 heterocycles. The molecule has 0 spiro atoms. The van der Waals surface area contributed by atoms with Gasteiger partial charge in [-0.15, -0.1) is 0 Å². The maximum atomic E-state index is 6.86. The van der Waals surface area contributed by atoms with Crippen molar-refractivity contribution in [3.8, 4) is 0 Å². The Balaban J connectivity index is 2.28. The number of hydrogen-bond acceptors (Lipinski definition) is 5. The lowest BCUT2D eigenvalue weighted by Gasteiger charge is -2.41. The zero-order chi connectivity index (χ0) is 20.2. The van der Waals surface area contributed by atoms with Gasteiger partial charge in [0.05, 0.1) is 18.5 Å². The molecule has 0 aliphatic rings. The summed E-state index contributed by atoms with van der Waals surface area (Å²) in [4.78, 5) is 12.9. The molecular formula is C20H37N5OSi. The molecule has 2 aromatic rings. The van der Waals surface area contributed by atoms with Crippen LogP contribution >= 0.6 is 0 Å². The minimum Gasteiger partial charge on any atom is -0.412 e. The van der Waals surface area contributed by atoms with Crippen LogP contribution in [0.1, 0.15) is 72.8 Å². The average molecular weight is 392 g/mol. The van der Waals surface area contributed by atoms with Gasteiger partial charge < -0.3 is 14.7 Å². The fourth-order valence-electron chi connectivity index (χ4n) is 3.07. The van der Waals surface area contributed by atoms with Crippen molar-refractivity contribution in [1.29, 1.82) is 0 Å². The third kappa shape index (κ3) is 5.07. The van der Waals surface area contributed by atoms with Gasteiger partial charge in [0, 0.05) is 0 Å². The van der Waals surface area contributed by atoms with Crippen LogP contribution in [-0.4, -0.2) is 33.9 Å². The van der Waals surface area contributed by atoms with E-state index in [9.17, 15) is 0 Å². The SMILES string of the molecule is CCCCCC[C@H](O[Si](C)(C)C(C)(C)C)[C@H](C)n1cnc2c(N)ncnc21. The highest BCUT2D eigenvalue weighted by atomic mass is 28.4. The molecule has 2 aromatic heterocycles. The first-order chi connectivity index (χ1) is 12.6. The van der Waals surface area contributed by atoms with Crippen LogP contribution in [0.3, 0.4) is 0 Å². The topological polar surface area (TPSA) is 78.9 Å². The zero-order valence-corrected chi connectivity index (χ0v) is 19.1. The minimum absolute atomic E-state index is 0.135. The number of nitrogen functional groups attached to an aromatic ring is 1. The number of unbranched alkanes of at least 4 members (excludes halogenated alkanes) is 3. The highest BCUT2D eigenvalue weighted by Crippen LogP contribution is 2.39. The van der Waals surface area contributed by atoms with E-state index < -0.39 is 8.32 Å². The van der Waals surface area contributed by atoms with Gasteiger partial charge in [-0.25, -0.2) is 15.0 Å². The lowest BCUT2D eigenvalue weighted by Crippen LogP contribution is -2.45. The monoisotopic (exact) mass is 391 g/mol. The molecule has 0 aliphatic heterocycles. The number of imidazole rings is 1. The molecular weight excluding hydrogens is 354 g/mol. The van der Waals surface area contributed by atoms with E-state index in [1.807, 2.05) is 6.33 Å². The Labute approximate surface area is 165 Å². The Bertz CT molecular complexity index is 738. The Morgan fingerprint density at radius 3 is 2.48 bits per heavy atom. The number of anilines is 1. The molecule has 0 unspecified atom stereocenters. The van der Waals surface area contributed by atoms with Gasteiger partial charge in [-0.05, 0) is 31.5 Å². The van der Waals surface area contributed by atoms with Crippen LogP contribution in [0.2, 0.25) is 18.1 Å². The van der Waals surface area contributed by atoms with Crippen molar-refractivity contribution in [3.63, 3.8) is 0 Å². The van der Waals surface area contributed by atoms with Crippen molar-refractivity contribution in [2.45, 2.75) is 97.0 Å². The van der Waals surface area contributed by atoms with E-state index in [0.717, 1.165) is 12.1 Å². The van der Waals surface area contributed by atoms with E-state index >= 15 is 0 Å². The number of fused-ring (bicyclic) bond motifs is 1. The van der Waals surface area contributed by atoms with Crippen molar-refractivity contribution < 1.29 is 4.43 Å². The largest absolute Gasteiger partial charge is 0.412 e. The van der Waals surface area contributed by atoms with Crippen LogP contribution in [0, 0.1) is 0 Å². The van der Waals surface area contributed by atoms with Crippen molar-refractivity contribution in [2.24, 2.45) is 0 Å². The fourth-order valence-corrected chi connectivity index (χ4v) is 4.50. The Hall–Kier alpha value is -1.47. The first-order valence-corrected chi connectivity index (χ1v) is 13.1.